The van der Waals surface area contributed by atoms with Crippen LogP contribution in [0.1, 0.15) is 47.7 Å². The summed E-state index contributed by atoms with van der Waals surface area (Å²) in [6, 6.07) is 10.5. The zero-order valence-corrected chi connectivity index (χ0v) is 23.8. The Morgan fingerprint density at radius 1 is 1.05 bits per heavy atom. The highest BCUT2D eigenvalue weighted by Gasteiger charge is 2.43. The Balaban J connectivity index is 1.62. The van der Waals surface area contributed by atoms with E-state index < -0.39 is 37.6 Å². The first-order valence-corrected chi connectivity index (χ1v) is 14.9. The molecule has 4 aromatic rings. The molecule has 0 amide bonds. The van der Waals surface area contributed by atoms with Gasteiger partial charge in [-0.2, -0.15) is 0 Å². The normalized spacial score (nSPS) is 16.8. The van der Waals surface area contributed by atoms with E-state index in [1.807, 2.05) is 13.0 Å². The van der Waals surface area contributed by atoms with Crippen molar-refractivity contribution in [1.82, 2.24) is 14.1 Å². The lowest BCUT2D eigenvalue weighted by Crippen LogP contribution is -2.25. The minimum Gasteiger partial charge on any atom is -0.313 e. The lowest BCUT2D eigenvalue weighted by molar-refractivity contribution is 0.569. The number of pyridine rings is 3. The van der Waals surface area contributed by atoms with Crippen molar-refractivity contribution in [2.45, 2.75) is 50.5 Å². The van der Waals surface area contributed by atoms with Crippen LogP contribution in [0, 0.1) is 25.5 Å². The minimum absolute atomic E-state index is 0.0112. The molecule has 0 spiro atoms. The standard InChI is InChI=1S/C29H26ClF2N3O4S/c1-5-34-21(9-7-11-23(34)36)19-13-18(19)20-12-16(3)35(29(37)24(20)30)28-15(2)14-33-27(26(28)32)17-8-6-10-22(25(17)31)40(4,38)39/h6-12,14,18-19H,5,13H2,1-4H3/t18-,19-/m0/s1. The number of hydrogen-bond acceptors (Lipinski definition) is 5. The molecule has 3 aromatic heterocycles. The van der Waals surface area contributed by atoms with Crippen LogP contribution >= 0.6 is 11.6 Å². The van der Waals surface area contributed by atoms with E-state index in [2.05, 4.69) is 4.98 Å². The number of aryl methyl sites for hydroxylation is 2. The number of benzene rings is 1. The van der Waals surface area contributed by atoms with Gasteiger partial charge in [-0.1, -0.05) is 23.7 Å². The fourth-order valence-electron chi connectivity index (χ4n) is 5.35. The Hall–Kier alpha value is -3.63. The third-order valence-corrected chi connectivity index (χ3v) is 8.84. The Morgan fingerprint density at radius 3 is 2.42 bits per heavy atom. The van der Waals surface area contributed by atoms with Crippen molar-refractivity contribution in [1.29, 1.82) is 0 Å². The monoisotopic (exact) mass is 585 g/mol. The van der Waals surface area contributed by atoms with E-state index in [4.69, 9.17) is 11.6 Å². The molecule has 0 aliphatic heterocycles. The third-order valence-electron chi connectivity index (χ3n) is 7.35. The topological polar surface area (TPSA) is 91.0 Å². The first kappa shape index (κ1) is 27.9. The van der Waals surface area contributed by atoms with Crippen LogP contribution in [0.5, 0.6) is 0 Å². The highest BCUT2D eigenvalue weighted by atomic mass is 35.5. The summed E-state index contributed by atoms with van der Waals surface area (Å²) in [5, 5.41) is -0.0677. The average molecular weight is 586 g/mol. The quantitative estimate of drug-likeness (QED) is 0.306. The second-order valence-electron chi connectivity index (χ2n) is 10.0. The van der Waals surface area contributed by atoms with Crippen LogP contribution in [0.2, 0.25) is 5.02 Å². The van der Waals surface area contributed by atoms with Crippen molar-refractivity contribution in [3.05, 3.63) is 109 Å². The lowest BCUT2D eigenvalue weighted by Gasteiger charge is -2.18. The molecule has 1 aromatic carbocycles. The highest BCUT2D eigenvalue weighted by Crippen LogP contribution is 2.55. The maximum atomic E-state index is 16.1. The molecular formula is C29H26ClF2N3O4S. The number of nitrogens with zero attached hydrogens (tertiary/aromatic N) is 3. The van der Waals surface area contributed by atoms with Gasteiger partial charge in [0.25, 0.3) is 11.1 Å². The minimum atomic E-state index is -3.92. The summed E-state index contributed by atoms with van der Waals surface area (Å²) >= 11 is 6.60. The SMILES string of the molecule is CCn1c([C@H]2C[C@@H]2c2cc(C)n(-c3c(C)cnc(-c4cccc(S(C)(=O)=O)c4F)c3F)c(=O)c2Cl)cccc1=O. The molecule has 11 heteroatoms. The third kappa shape index (κ3) is 4.58. The van der Waals surface area contributed by atoms with Crippen molar-refractivity contribution in [3.8, 4) is 16.9 Å². The number of sulfone groups is 1. The molecule has 208 valence electrons. The van der Waals surface area contributed by atoms with Crippen molar-refractivity contribution < 1.29 is 17.2 Å². The summed E-state index contributed by atoms with van der Waals surface area (Å²) in [7, 11) is -3.92. The molecule has 40 heavy (non-hydrogen) atoms. The van der Waals surface area contributed by atoms with Gasteiger partial charge >= 0.3 is 0 Å². The van der Waals surface area contributed by atoms with E-state index in [1.165, 1.54) is 24.4 Å². The summed E-state index contributed by atoms with van der Waals surface area (Å²) in [6.45, 7) is 5.61. The molecule has 1 aliphatic rings. The van der Waals surface area contributed by atoms with E-state index in [-0.39, 0.29) is 33.7 Å². The fourth-order valence-corrected chi connectivity index (χ4v) is 6.39. The maximum absolute atomic E-state index is 16.1. The van der Waals surface area contributed by atoms with Gasteiger partial charge in [0, 0.05) is 47.9 Å². The molecule has 7 nitrogen and oxygen atoms in total. The van der Waals surface area contributed by atoms with E-state index >= 15 is 8.78 Å². The molecule has 1 fully saturated rings. The van der Waals surface area contributed by atoms with Gasteiger partial charge in [0.05, 0.1) is 5.69 Å². The first-order valence-electron chi connectivity index (χ1n) is 12.6. The Morgan fingerprint density at radius 2 is 1.75 bits per heavy atom. The lowest BCUT2D eigenvalue weighted by atomic mass is 10.1. The predicted octanol–water partition coefficient (Wildman–Crippen LogP) is 5.30. The summed E-state index contributed by atoms with van der Waals surface area (Å²) in [6.07, 6.45) is 2.86. The molecule has 3 heterocycles. The molecule has 2 atom stereocenters. The zero-order chi connectivity index (χ0) is 29.1. The van der Waals surface area contributed by atoms with Gasteiger partial charge < -0.3 is 4.57 Å². The Bertz CT molecular complexity index is 1920. The first-order chi connectivity index (χ1) is 18.9. The highest BCUT2D eigenvalue weighted by molar-refractivity contribution is 7.90. The van der Waals surface area contributed by atoms with Crippen LogP contribution in [-0.4, -0.2) is 28.8 Å². The summed E-state index contributed by atoms with van der Waals surface area (Å²) in [5.41, 5.74) is 0.519. The number of hydrogen-bond donors (Lipinski definition) is 0. The number of aromatic nitrogens is 3. The van der Waals surface area contributed by atoms with Gasteiger partial charge in [0.1, 0.15) is 15.6 Å². The van der Waals surface area contributed by atoms with Crippen LogP contribution < -0.4 is 11.1 Å². The van der Waals surface area contributed by atoms with Gasteiger partial charge in [0.2, 0.25) is 0 Å². The van der Waals surface area contributed by atoms with Gasteiger partial charge in [0.15, 0.2) is 21.5 Å². The Kier molecular flexibility index (Phi) is 7.04. The number of halogens is 3. The average Bonchev–Trinajstić information content (AvgIpc) is 3.68. The predicted molar refractivity (Wildman–Crippen MR) is 149 cm³/mol. The molecule has 0 N–H and O–H groups in total. The summed E-state index contributed by atoms with van der Waals surface area (Å²) in [4.78, 5) is 29.4. The summed E-state index contributed by atoms with van der Waals surface area (Å²) < 4.78 is 58.1. The molecular weight excluding hydrogens is 560 g/mol. The molecule has 0 unspecified atom stereocenters. The molecule has 0 radical (unpaired) electrons. The van der Waals surface area contributed by atoms with Crippen molar-refractivity contribution in [2.24, 2.45) is 0 Å². The van der Waals surface area contributed by atoms with Crippen LogP contribution in [-0.2, 0) is 16.4 Å². The second-order valence-corrected chi connectivity index (χ2v) is 12.4. The largest absolute Gasteiger partial charge is 0.313 e. The van der Waals surface area contributed by atoms with Crippen LogP contribution in [0.3, 0.4) is 0 Å². The fraction of sp³-hybridized carbons (Fsp3) is 0.276. The Labute approximate surface area is 234 Å². The zero-order valence-electron chi connectivity index (χ0n) is 22.2. The van der Waals surface area contributed by atoms with E-state index in [1.54, 1.807) is 30.5 Å². The smallest absolute Gasteiger partial charge is 0.274 e. The van der Waals surface area contributed by atoms with Crippen molar-refractivity contribution in [2.75, 3.05) is 6.26 Å². The number of rotatable bonds is 6. The molecule has 0 saturated heterocycles. The van der Waals surface area contributed by atoms with Gasteiger partial charge in [-0.05, 0) is 68.5 Å². The van der Waals surface area contributed by atoms with Crippen LogP contribution in [0.4, 0.5) is 8.78 Å². The van der Waals surface area contributed by atoms with E-state index in [9.17, 15) is 18.0 Å². The van der Waals surface area contributed by atoms with Gasteiger partial charge in [-0.3, -0.25) is 19.1 Å². The van der Waals surface area contributed by atoms with Gasteiger partial charge in [-0.25, -0.2) is 17.2 Å². The second kappa shape index (κ2) is 10.1. The van der Waals surface area contributed by atoms with Crippen LogP contribution in [0.15, 0.2) is 63.1 Å². The molecule has 0 bridgehead atoms. The van der Waals surface area contributed by atoms with Crippen molar-refractivity contribution >= 4 is 21.4 Å². The molecule has 1 aliphatic carbocycles. The van der Waals surface area contributed by atoms with Gasteiger partial charge in [-0.15, -0.1) is 0 Å². The summed E-state index contributed by atoms with van der Waals surface area (Å²) in [5.74, 6) is -2.19. The van der Waals surface area contributed by atoms with Crippen LogP contribution in [0.25, 0.3) is 16.9 Å². The van der Waals surface area contributed by atoms with E-state index in [0.717, 1.165) is 22.6 Å². The van der Waals surface area contributed by atoms with Crippen molar-refractivity contribution in [3.63, 3.8) is 0 Å². The van der Waals surface area contributed by atoms with E-state index in [0.29, 0.717) is 29.8 Å². The maximum Gasteiger partial charge on any atom is 0.274 e. The molecule has 5 rings (SSSR count). The molecule has 1 saturated carbocycles.